The first-order chi connectivity index (χ1) is 9.16. The van der Waals surface area contributed by atoms with Crippen LogP contribution in [0.1, 0.15) is 51.6 Å². The number of rotatable bonds is 2. The Kier molecular flexibility index (Phi) is 3.37. The summed E-state index contributed by atoms with van der Waals surface area (Å²) < 4.78 is 0. The number of aryl methyl sites for hydroxylation is 3. The van der Waals surface area contributed by atoms with E-state index in [9.17, 15) is 0 Å². The van der Waals surface area contributed by atoms with Gasteiger partial charge in [0, 0.05) is 28.7 Å². The standard InChI is InChI=1S/C15H19N3S/c1-9-15(19-10(2)18-9)13(16)12-7-3-5-11-6-4-8-17-14(11)12/h4,6,8,12-13H,3,5,7,16H2,1-2H3. The second-order valence-corrected chi connectivity index (χ2v) is 6.49. The first-order valence-corrected chi connectivity index (χ1v) is 7.61. The fraction of sp³-hybridized carbons (Fsp3) is 0.467. The number of pyridine rings is 1. The Hall–Kier alpha value is -1.26. The van der Waals surface area contributed by atoms with Crippen LogP contribution in [0.4, 0.5) is 0 Å². The van der Waals surface area contributed by atoms with Gasteiger partial charge in [-0.25, -0.2) is 4.98 Å². The molecule has 3 rings (SSSR count). The van der Waals surface area contributed by atoms with Gasteiger partial charge in [0.1, 0.15) is 0 Å². The van der Waals surface area contributed by atoms with E-state index in [1.807, 2.05) is 19.2 Å². The SMILES string of the molecule is Cc1nc(C)c(C(N)C2CCCc3cccnc32)s1. The Morgan fingerprint density at radius 3 is 3.00 bits per heavy atom. The lowest BCUT2D eigenvalue weighted by atomic mass is 9.81. The van der Waals surface area contributed by atoms with Gasteiger partial charge in [0.15, 0.2) is 0 Å². The maximum Gasteiger partial charge on any atom is 0.0900 e. The van der Waals surface area contributed by atoms with Crippen molar-refractivity contribution in [2.75, 3.05) is 0 Å². The second-order valence-electron chi connectivity index (χ2n) is 5.25. The third kappa shape index (κ3) is 2.30. The molecule has 2 N–H and O–H groups in total. The van der Waals surface area contributed by atoms with E-state index in [0.29, 0.717) is 5.92 Å². The first-order valence-electron chi connectivity index (χ1n) is 6.80. The van der Waals surface area contributed by atoms with E-state index in [0.717, 1.165) is 23.5 Å². The fourth-order valence-electron chi connectivity index (χ4n) is 3.03. The molecule has 0 aromatic carbocycles. The summed E-state index contributed by atoms with van der Waals surface area (Å²) in [5, 5.41) is 1.10. The van der Waals surface area contributed by atoms with E-state index in [2.05, 4.69) is 23.0 Å². The van der Waals surface area contributed by atoms with Crippen LogP contribution in [0, 0.1) is 13.8 Å². The van der Waals surface area contributed by atoms with Crippen molar-refractivity contribution >= 4 is 11.3 Å². The molecule has 1 aliphatic carbocycles. The van der Waals surface area contributed by atoms with Crippen molar-refractivity contribution < 1.29 is 0 Å². The van der Waals surface area contributed by atoms with Gasteiger partial charge < -0.3 is 5.73 Å². The third-order valence-electron chi connectivity index (χ3n) is 3.91. The molecule has 3 nitrogen and oxygen atoms in total. The predicted octanol–water partition coefficient (Wildman–Crippen LogP) is 3.27. The molecule has 0 fully saturated rings. The Balaban J connectivity index is 1.97. The molecule has 1 aliphatic rings. The number of fused-ring (bicyclic) bond motifs is 1. The van der Waals surface area contributed by atoms with Crippen LogP contribution in [-0.2, 0) is 6.42 Å². The maximum atomic E-state index is 6.53. The first kappa shape index (κ1) is 12.8. The summed E-state index contributed by atoms with van der Waals surface area (Å²) in [6.07, 6.45) is 5.34. The Morgan fingerprint density at radius 2 is 2.26 bits per heavy atom. The van der Waals surface area contributed by atoms with Gasteiger partial charge in [0.25, 0.3) is 0 Å². The summed E-state index contributed by atoms with van der Waals surface area (Å²) in [5.74, 6) is 0.337. The molecule has 2 atom stereocenters. The zero-order chi connectivity index (χ0) is 13.4. The van der Waals surface area contributed by atoms with Crippen LogP contribution in [0.25, 0.3) is 0 Å². The number of nitrogens with zero attached hydrogens (tertiary/aromatic N) is 2. The molecular weight excluding hydrogens is 254 g/mol. The number of aromatic nitrogens is 2. The molecule has 4 heteroatoms. The Bertz CT molecular complexity index is 591. The predicted molar refractivity (Wildman–Crippen MR) is 78.4 cm³/mol. The molecule has 0 radical (unpaired) electrons. The van der Waals surface area contributed by atoms with E-state index in [1.165, 1.54) is 22.6 Å². The van der Waals surface area contributed by atoms with Crippen molar-refractivity contribution in [1.82, 2.24) is 9.97 Å². The number of hydrogen-bond donors (Lipinski definition) is 1. The van der Waals surface area contributed by atoms with E-state index in [4.69, 9.17) is 5.73 Å². The number of thiazole rings is 1. The molecule has 2 heterocycles. The highest BCUT2D eigenvalue weighted by molar-refractivity contribution is 7.11. The van der Waals surface area contributed by atoms with E-state index < -0.39 is 0 Å². The lowest BCUT2D eigenvalue weighted by molar-refractivity contribution is 0.465. The van der Waals surface area contributed by atoms with Crippen LogP contribution in [0.5, 0.6) is 0 Å². The van der Waals surface area contributed by atoms with Gasteiger partial charge in [0.2, 0.25) is 0 Å². The molecule has 0 bridgehead atoms. The van der Waals surface area contributed by atoms with Crippen molar-refractivity contribution in [3.8, 4) is 0 Å². The summed E-state index contributed by atoms with van der Waals surface area (Å²) in [5.41, 5.74) is 10.2. The van der Waals surface area contributed by atoms with Crippen molar-refractivity contribution in [2.45, 2.75) is 45.1 Å². The van der Waals surface area contributed by atoms with Gasteiger partial charge in [-0.3, -0.25) is 4.98 Å². The van der Waals surface area contributed by atoms with Gasteiger partial charge in [-0.1, -0.05) is 6.07 Å². The Labute approximate surface area is 117 Å². The second kappa shape index (κ2) is 5.02. The minimum absolute atomic E-state index is 0.0279. The van der Waals surface area contributed by atoms with Gasteiger partial charge in [-0.05, 0) is 44.7 Å². The van der Waals surface area contributed by atoms with Crippen LogP contribution in [0.3, 0.4) is 0 Å². The lowest BCUT2D eigenvalue weighted by Crippen LogP contribution is -2.24. The molecule has 2 aromatic rings. The van der Waals surface area contributed by atoms with Crippen molar-refractivity contribution in [2.24, 2.45) is 5.73 Å². The van der Waals surface area contributed by atoms with E-state index >= 15 is 0 Å². The number of hydrogen-bond acceptors (Lipinski definition) is 4. The minimum atomic E-state index is 0.0279. The van der Waals surface area contributed by atoms with Gasteiger partial charge >= 0.3 is 0 Å². The summed E-state index contributed by atoms with van der Waals surface area (Å²) in [7, 11) is 0. The van der Waals surface area contributed by atoms with E-state index in [-0.39, 0.29) is 6.04 Å². The highest BCUT2D eigenvalue weighted by atomic mass is 32.1. The summed E-state index contributed by atoms with van der Waals surface area (Å²) >= 11 is 1.73. The van der Waals surface area contributed by atoms with Crippen LogP contribution < -0.4 is 5.73 Å². The summed E-state index contributed by atoms with van der Waals surface area (Å²) in [6, 6.07) is 4.24. The highest BCUT2D eigenvalue weighted by Crippen LogP contribution is 2.40. The minimum Gasteiger partial charge on any atom is -0.323 e. The molecule has 0 aliphatic heterocycles. The molecule has 0 amide bonds. The van der Waals surface area contributed by atoms with Crippen LogP contribution in [0.2, 0.25) is 0 Å². The Morgan fingerprint density at radius 1 is 1.42 bits per heavy atom. The highest BCUT2D eigenvalue weighted by Gasteiger charge is 2.29. The van der Waals surface area contributed by atoms with Gasteiger partial charge in [0.05, 0.1) is 10.7 Å². The molecule has 0 saturated heterocycles. The molecule has 100 valence electrons. The number of nitrogens with two attached hydrogens (primary N) is 1. The van der Waals surface area contributed by atoms with Crippen molar-refractivity contribution in [3.63, 3.8) is 0 Å². The largest absolute Gasteiger partial charge is 0.323 e. The third-order valence-corrected chi connectivity index (χ3v) is 5.09. The zero-order valence-corrected chi connectivity index (χ0v) is 12.2. The van der Waals surface area contributed by atoms with Crippen molar-refractivity contribution in [3.05, 3.63) is 45.2 Å². The smallest absolute Gasteiger partial charge is 0.0900 e. The normalized spacial score (nSPS) is 20.1. The molecule has 2 aromatic heterocycles. The van der Waals surface area contributed by atoms with E-state index in [1.54, 1.807) is 11.3 Å². The maximum absolute atomic E-state index is 6.53. The fourth-order valence-corrected chi connectivity index (χ4v) is 4.03. The lowest BCUT2D eigenvalue weighted by Gasteiger charge is -2.28. The molecule has 19 heavy (non-hydrogen) atoms. The summed E-state index contributed by atoms with van der Waals surface area (Å²) in [4.78, 5) is 10.3. The van der Waals surface area contributed by atoms with Gasteiger partial charge in [-0.2, -0.15) is 0 Å². The quantitative estimate of drug-likeness (QED) is 0.913. The summed E-state index contributed by atoms with van der Waals surface area (Å²) in [6.45, 7) is 4.10. The van der Waals surface area contributed by atoms with Crippen LogP contribution >= 0.6 is 11.3 Å². The van der Waals surface area contributed by atoms with Gasteiger partial charge in [-0.15, -0.1) is 11.3 Å². The average Bonchev–Trinajstić information content (AvgIpc) is 2.76. The van der Waals surface area contributed by atoms with Crippen LogP contribution in [0.15, 0.2) is 18.3 Å². The van der Waals surface area contributed by atoms with Crippen LogP contribution in [-0.4, -0.2) is 9.97 Å². The molecule has 0 spiro atoms. The topological polar surface area (TPSA) is 51.8 Å². The monoisotopic (exact) mass is 273 g/mol. The molecule has 2 unspecified atom stereocenters. The van der Waals surface area contributed by atoms with Crippen molar-refractivity contribution in [1.29, 1.82) is 0 Å². The molecule has 0 saturated carbocycles. The zero-order valence-electron chi connectivity index (χ0n) is 11.4. The average molecular weight is 273 g/mol. The molecular formula is C15H19N3S.